The minimum absolute atomic E-state index is 0.786. The third-order valence-electron chi connectivity index (χ3n) is 5.00. The number of benzene rings is 2. The second kappa shape index (κ2) is 8.08. The highest BCUT2D eigenvalue weighted by Gasteiger charge is 2.11. The van der Waals surface area contributed by atoms with Crippen LogP contribution in [0.1, 0.15) is 19.3 Å². The van der Waals surface area contributed by atoms with E-state index in [2.05, 4.69) is 56.6 Å². The van der Waals surface area contributed by atoms with Crippen LogP contribution in [0.15, 0.2) is 67.0 Å². The molecule has 1 aromatic heterocycles. The highest BCUT2D eigenvalue weighted by Crippen LogP contribution is 2.25. The number of nitrogens with one attached hydrogen (secondary N) is 1. The van der Waals surface area contributed by atoms with Gasteiger partial charge in [-0.1, -0.05) is 18.2 Å². The Kier molecular flexibility index (Phi) is 5.19. The van der Waals surface area contributed by atoms with E-state index < -0.39 is 0 Å². The van der Waals surface area contributed by atoms with Crippen molar-refractivity contribution in [3.63, 3.8) is 0 Å². The number of piperidine rings is 1. The lowest BCUT2D eigenvalue weighted by atomic mass is 10.1. The van der Waals surface area contributed by atoms with E-state index in [0.717, 1.165) is 36.1 Å². The standard InChI is InChI=1S/C22H25N5/c1-26(19-8-4-2-5-9-19)22-16-21(23-17-24-22)25-18-10-12-20(13-11-18)27-14-6-3-7-15-27/h2,4-5,8-13,16-17H,3,6-7,14-15H2,1H3,(H,23,24,25). The molecule has 1 N–H and O–H groups in total. The molecule has 0 amide bonds. The lowest BCUT2D eigenvalue weighted by molar-refractivity contribution is 0.578. The van der Waals surface area contributed by atoms with Gasteiger partial charge in [0.1, 0.15) is 18.0 Å². The smallest absolute Gasteiger partial charge is 0.138 e. The van der Waals surface area contributed by atoms with Gasteiger partial charge >= 0.3 is 0 Å². The average Bonchev–Trinajstić information content (AvgIpc) is 2.75. The lowest BCUT2D eigenvalue weighted by Gasteiger charge is -2.28. The van der Waals surface area contributed by atoms with Crippen LogP contribution in [0.4, 0.5) is 28.7 Å². The van der Waals surface area contributed by atoms with E-state index in [1.165, 1.54) is 24.9 Å². The fraction of sp³-hybridized carbons (Fsp3) is 0.273. The Morgan fingerprint density at radius 2 is 1.63 bits per heavy atom. The molecule has 0 saturated carbocycles. The Balaban J connectivity index is 1.46. The first-order chi connectivity index (χ1) is 13.3. The number of rotatable bonds is 5. The van der Waals surface area contributed by atoms with Gasteiger partial charge in [-0.15, -0.1) is 0 Å². The molecule has 0 bridgehead atoms. The van der Waals surface area contributed by atoms with Gasteiger partial charge in [-0.3, -0.25) is 0 Å². The number of aromatic nitrogens is 2. The summed E-state index contributed by atoms with van der Waals surface area (Å²) in [4.78, 5) is 13.3. The maximum Gasteiger partial charge on any atom is 0.138 e. The van der Waals surface area contributed by atoms with Crippen LogP contribution in [0.25, 0.3) is 0 Å². The summed E-state index contributed by atoms with van der Waals surface area (Å²) in [7, 11) is 2.01. The number of para-hydroxylation sites is 1. The van der Waals surface area contributed by atoms with E-state index in [4.69, 9.17) is 0 Å². The fourth-order valence-electron chi connectivity index (χ4n) is 3.44. The van der Waals surface area contributed by atoms with Gasteiger partial charge in [-0.2, -0.15) is 0 Å². The Bertz CT molecular complexity index is 857. The molecule has 2 heterocycles. The molecule has 1 fully saturated rings. The van der Waals surface area contributed by atoms with E-state index in [1.807, 2.05) is 36.2 Å². The summed E-state index contributed by atoms with van der Waals surface area (Å²) in [6, 6.07) is 20.8. The number of hydrogen-bond acceptors (Lipinski definition) is 5. The van der Waals surface area contributed by atoms with Gasteiger partial charge in [0.15, 0.2) is 0 Å². The molecule has 3 aromatic rings. The molecule has 1 aliphatic heterocycles. The van der Waals surface area contributed by atoms with Crippen molar-refractivity contribution in [1.82, 2.24) is 9.97 Å². The molecule has 5 heteroatoms. The van der Waals surface area contributed by atoms with E-state index in [0.29, 0.717) is 0 Å². The lowest BCUT2D eigenvalue weighted by Crippen LogP contribution is -2.29. The van der Waals surface area contributed by atoms with Gasteiger partial charge in [0.05, 0.1) is 0 Å². The van der Waals surface area contributed by atoms with Crippen LogP contribution in [0.3, 0.4) is 0 Å². The first kappa shape index (κ1) is 17.3. The summed E-state index contributed by atoms with van der Waals surface area (Å²) in [6.07, 6.45) is 5.53. The minimum atomic E-state index is 0.786. The summed E-state index contributed by atoms with van der Waals surface area (Å²) in [6.45, 7) is 2.32. The van der Waals surface area contributed by atoms with Crippen LogP contribution < -0.4 is 15.1 Å². The van der Waals surface area contributed by atoms with Gasteiger partial charge in [-0.25, -0.2) is 9.97 Å². The van der Waals surface area contributed by atoms with Crippen molar-refractivity contribution >= 4 is 28.7 Å². The molecular weight excluding hydrogens is 334 g/mol. The second-order valence-electron chi connectivity index (χ2n) is 6.88. The summed E-state index contributed by atoms with van der Waals surface area (Å²) in [5.41, 5.74) is 3.42. The van der Waals surface area contributed by atoms with Crippen molar-refractivity contribution in [3.8, 4) is 0 Å². The zero-order valence-electron chi connectivity index (χ0n) is 15.7. The second-order valence-corrected chi connectivity index (χ2v) is 6.88. The Morgan fingerprint density at radius 3 is 2.37 bits per heavy atom. The first-order valence-corrected chi connectivity index (χ1v) is 9.52. The maximum atomic E-state index is 4.40. The fourth-order valence-corrected chi connectivity index (χ4v) is 3.44. The molecule has 2 aromatic carbocycles. The van der Waals surface area contributed by atoms with Crippen molar-refractivity contribution < 1.29 is 0 Å². The van der Waals surface area contributed by atoms with Gasteiger partial charge in [0, 0.05) is 43.3 Å². The van der Waals surface area contributed by atoms with Crippen LogP contribution in [0, 0.1) is 0 Å². The summed E-state index contributed by atoms with van der Waals surface area (Å²) in [5.74, 6) is 1.64. The molecule has 4 rings (SSSR count). The van der Waals surface area contributed by atoms with Crippen molar-refractivity contribution in [2.24, 2.45) is 0 Å². The number of anilines is 5. The molecule has 0 unspecified atom stereocenters. The molecule has 0 spiro atoms. The predicted octanol–water partition coefficient (Wildman–Crippen LogP) is 4.98. The number of hydrogen-bond donors (Lipinski definition) is 1. The third kappa shape index (κ3) is 4.19. The highest BCUT2D eigenvalue weighted by atomic mass is 15.2. The molecule has 1 saturated heterocycles. The maximum absolute atomic E-state index is 4.40. The molecule has 27 heavy (non-hydrogen) atoms. The van der Waals surface area contributed by atoms with E-state index in [1.54, 1.807) is 6.33 Å². The van der Waals surface area contributed by atoms with Crippen molar-refractivity contribution in [2.45, 2.75) is 19.3 Å². The zero-order chi connectivity index (χ0) is 18.5. The molecule has 0 radical (unpaired) electrons. The Labute approximate surface area is 160 Å². The van der Waals surface area contributed by atoms with Crippen molar-refractivity contribution in [3.05, 3.63) is 67.0 Å². The summed E-state index contributed by atoms with van der Waals surface area (Å²) >= 11 is 0. The molecular formula is C22H25N5. The van der Waals surface area contributed by atoms with Crippen molar-refractivity contribution in [1.29, 1.82) is 0 Å². The van der Waals surface area contributed by atoms with Crippen LogP contribution in [0.5, 0.6) is 0 Å². The van der Waals surface area contributed by atoms with Crippen LogP contribution >= 0.6 is 0 Å². The highest BCUT2D eigenvalue weighted by molar-refractivity contribution is 5.65. The quantitative estimate of drug-likeness (QED) is 0.696. The van der Waals surface area contributed by atoms with Crippen LogP contribution in [-0.4, -0.2) is 30.1 Å². The predicted molar refractivity (Wildman–Crippen MR) is 112 cm³/mol. The SMILES string of the molecule is CN(c1ccccc1)c1cc(Nc2ccc(N3CCCCC3)cc2)ncn1. The topological polar surface area (TPSA) is 44.3 Å². The summed E-state index contributed by atoms with van der Waals surface area (Å²) in [5, 5.41) is 3.38. The molecule has 0 atom stereocenters. The van der Waals surface area contributed by atoms with Gasteiger partial charge in [0.2, 0.25) is 0 Å². The van der Waals surface area contributed by atoms with Gasteiger partial charge < -0.3 is 15.1 Å². The van der Waals surface area contributed by atoms with E-state index in [-0.39, 0.29) is 0 Å². The van der Waals surface area contributed by atoms with Crippen LogP contribution in [0.2, 0.25) is 0 Å². The molecule has 5 nitrogen and oxygen atoms in total. The zero-order valence-corrected chi connectivity index (χ0v) is 15.7. The molecule has 138 valence electrons. The van der Waals surface area contributed by atoms with E-state index in [9.17, 15) is 0 Å². The summed E-state index contributed by atoms with van der Waals surface area (Å²) < 4.78 is 0. The first-order valence-electron chi connectivity index (χ1n) is 9.52. The Morgan fingerprint density at radius 1 is 0.889 bits per heavy atom. The largest absolute Gasteiger partial charge is 0.372 e. The van der Waals surface area contributed by atoms with Crippen molar-refractivity contribution in [2.75, 3.05) is 35.3 Å². The van der Waals surface area contributed by atoms with Gasteiger partial charge in [0.25, 0.3) is 0 Å². The third-order valence-corrected chi connectivity index (χ3v) is 5.00. The average molecular weight is 359 g/mol. The normalized spacial score (nSPS) is 14.0. The van der Waals surface area contributed by atoms with Gasteiger partial charge in [-0.05, 0) is 55.7 Å². The van der Waals surface area contributed by atoms with E-state index >= 15 is 0 Å². The molecule has 1 aliphatic rings. The van der Waals surface area contributed by atoms with Crippen LogP contribution in [-0.2, 0) is 0 Å². The minimum Gasteiger partial charge on any atom is -0.372 e. The molecule has 0 aliphatic carbocycles. The monoisotopic (exact) mass is 359 g/mol. The Hall–Kier alpha value is -3.08. The number of nitrogens with zero attached hydrogens (tertiary/aromatic N) is 4.